The first kappa shape index (κ1) is 10.8. The molecule has 1 N–H and O–H groups in total. The van der Waals surface area contributed by atoms with Crippen molar-refractivity contribution in [3.8, 4) is 0 Å². The van der Waals surface area contributed by atoms with Crippen molar-refractivity contribution >= 4 is 17.3 Å². The largest absolute Gasteiger partial charge is 0.320 e. The molecule has 18 heavy (non-hydrogen) atoms. The molecule has 0 aliphatic rings. The van der Waals surface area contributed by atoms with Crippen LogP contribution in [0.25, 0.3) is 5.65 Å². The minimum atomic E-state index is 0.584. The number of rotatable bonds is 2. The average Bonchev–Trinajstić information content (AvgIpc) is 2.84. The van der Waals surface area contributed by atoms with Crippen molar-refractivity contribution in [1.29, 1.82) is 0 Å². The summed E-state index contributed by atoms with van der Waals surface area (Å²) >= 11 is 0. The molecular weight excluding hydrogens is 228 g/mol. The van der Waals surface area contributed by atoms with E-state index in [-0.39, 0.29) is 0 Å². The quantitative estimate of drug-likeness (QED) is 0.744. The zero-order valence-electron chi connectivity index (χ0n) is 10.5. The Hall–Kier alpha value is -2.37. The third-order valence-corrected chi connectivity index (χ3v) is 2.82. The second-order valence-electron chi connectivity index (χ2n) is 4.32. The summed E-state index contributed by atoms with van der Waals surface area (Å²) in [6.45, 7) is 3.96. The highest BCUT2D eigenvalue weighted by atomic mass is 15.4. The number of anilines is 2. The Kier molecular flexibility index (Phi) is 2.29. The first-order valence-electron chi connectivity index (χ1n) is 5.73. The second kappa shape index (κ2) is 3.83. The number of nitrogens with one attached hydrogen (secondary N) is 1. The van der Waals surface area contributed by atoms with Crippen molar-refractivity contribution in [3.05, 3.63) is 35.8 Å². The van der Waals surface area contributed by atoms with E-state index in [1.807, 2.05) is 45.4 Å². The van der Waals surface area contributed by atoms with Crippen LogP contribution in [0.5, 0.6) is 0 Å². The predicted molar refractivity (Wildman–Crippen MR) is 69.0 cm³/mol. The fourth-order valence-electron chi connectivity index (χ4n) is 1.94. The summed E-state index contributed by atoms with van der Waals surface area (Å²) in [5.41, 5.74) is 3.81. The van der Waals surface area contributed by atoms with E-state index in [4.69, 9.17) is 0 Å². The van der Waals surface area contributed by atoms with Crippen LogP contribution in [0, 0.1) is 13.8 Å². The molecule has 0 spiro atoms. The molecule has 0 radical (unpaired) electrons. The molecule has 0 fully saturated rings. The van der Waals surface area contributed by atoms with Crippen molar-refractivity contribution in [2.45, 2.75) is 13.8 Å². The van der Waals surface area contributed by atoms with Crippen LogP contribution in [0.15, 0.2) is 24.5 Å². The van der Waals surface area contributed by atoms with E-state index in [0.717, 1.165) is 22.6 Å². The van der Waals surface area contributed by atoms with E-state index in [0.29, 0.717) is 5.95 Å². The van der Waals surface area contributed by atoms with E-state index in [9.17, 15) is 0 Å². The molecule has 6 nitrogen and oxygen atoms in total. The maximum absolute atomic E-state index is 4.46. The van der Waals surface area contributed by atoms with Gasteiger partial charge in [-0.15, -0.1) is 5.10 Å². The van der Waals surface area contributed by atoms with Gasteiger partial charge in [0.25, 0.3) is 0 Å². The lowest BCUT2D eigenvalue weighted by molar-refractivity contribution is 0.756. The molecule has 3 aromatic heterocycles. The van der Waals surface area contributed by atoms with Gasteiger partial charge >= 0.3 is 0 Å². The lowest BCUT2D eigenvalue weighted by atomic mass is 10.3. The van der Waals surface area contributed by atoms with Crippen molar-refractivity contribution in [3.63, 3.8) is 0 Å². The summed E-state index contributed by atoms with van der Waals surface area (Å²) in [7, 11) is 1.89. The summed E-state index contributed by atoms with van der Waals surface area (Å²) in [5, 5.41) is 11.8. The SMILES string of the molecule is Cc1nn(C)cc1Nc1nc2c(C)cccn2n1. The third-order valence-electron chi connectivity index (χ3n) is 2.82. The molecule has 92 valence electrons. The van der Waals surface area contributed by atoms with Gasteiger partial charge in [0.2, 0.25) is 5.95 Å². The number of aromatic nitrogens is 5. The maximum Gasteiger partial charge on any atom is 0.247 e. The van der Waals surface area contributed by atoms with Crippen LogP contribution in [0.2, 0.25) is 0 Å². The lowest BCUT2D eigenvalue weighted by Crippen LogP contribution is -1.93. The van der Waals surface area contributed by atoms with Crippen LogP contribution in [-0.2, 0) is 7.05 Å². The highest BCUT2D eigenvalue weighted by molar-refractivity contribution is 5.58. The fraction of sp³-hybridized carbons (Fsp3) is 0.250. The highest BCUT2D eigenvalue weighted by Gasteiger charge is 2.08. The minimum absolute atomic E-state index is 0.584. The van der Waals surface area contributed by atoms with E-state index < -0.39 is 0 Å². The van der Waals surface area contributed by atoms with Crippen LogP contribution in [-0.4, -0.2) is 24.4 Å². The van der Waals surface area contributed by atoms with Gasteiger partial charge in [-0.1, -0.05) is 6.07 Å². The molecular formula is C12H14N6. The third kappa shape index (κ3) is 1.71. The first-order chi connectivity index (χ1) is 8.63. The number of pyridine rings is 1. The predicted octanol–water partition coefficient (Wildman–Crippen LogP) is 1.82. The molecule has 3 rings (SSSR count). The van der Waals surface area contributed by atoms with Crippen LogP contribution in [0.3, 0.4) is 0 Å². The van der Waals surface area contributed by atoms with Gasteiger partial charge in [0, 0.05) is 19.4 Å². The average molecular weight is 242 g/mol. The summed E-state index contributed by atoms with van der Waals surface area (Å²) < 4.78 is 3.53. The molecule has 0 saturated carbocycles. The van der Waals surface area contributed by atoms with Gasteiger partial charge < -0.3 is 5.32 Å². The van der Waals surface area contributed by atoms with Crippen LogP contribution >= 0.6 is 0 Å². The normalized spacial score (nSPS) is 11.1. The molecule has 3 aromatic rings. The van der Waals surface area contributed by atoms with Gasteiger partial charge in [0.15, 0.2) is 5.65 Å². The molecule has 0 amide bonds. The molecule has 0 aliphatic heterocycles. The van der Waals surface area contributed by atoms with Crippen LogP contribution < -0.4 is 5.32 Å². The van der Waals surface area contributed by atoms with Gasteiger partial charge in [0.1, 0.15) is 0 Å². The molecule has 0 saturated heterocycles. The zero-order chi connectivity index (χ0) is 12.7. The Bertz CT molecular complexity index is 709. The summed E-state index contributed by atoms with van der Waals surface area (Å²) in [4.78, 5) is 4.46. The Labute approximate surface area is 104 Å². The standard InChI is InChI=1S/C12H14N6/c1-8-5-4-6-18-11(8)14-12(16-18)13-10-7-17(3)15-9(10)2/h4-7H,1-3H3,(H,13,16). The van der Waals surface area contributed by atoms with Crippen molar-refractivity contribution in [2.75, 3.05) is 5.32 Å². The van der Waals surface area contributed by atoms with Crippen LogP contribution in [0.4, 0.5) is 11.6 Å². The van der Waals surface area contributed by atoms with E-state index in [1.54, 1.807) is 9.20 Å². The van der Waals surface area contributed by atoms with Crippen molar-refractivity contribution < 1.29 is 0 Å². The number of aryl methyl sites for hydroxylation is 3. The summed E-state index contributed by atoms with van der Waals surface area (Å²) in [5.74, 6) is 0.584. The monoisotopic (exact) mass is 242 g/mol. The molecule has 0 atom stereocenters. The molecule has 0 aliphatic carbocycles. The number of nitrogens with zero attached hydrogens (tertiary/aromatic N) is 5. The number of hydrogen-bond donors (Lipinski definition) is 1. The Morgan fingerprint density at radius 1 is 1.22 bits per heavy atom. The highest BCUT2D eigenvalue weighted by Crippen LogP contribution is 2.17. The smallest absolute Gasteiger partial charge is 0.247 e. The number of hydrogen-bond acceptors (Lipinski definition) is 4. The van der Waals surface area contributed by atoms with Gasteiger partial charge in [0.05, 0.1) is 11.4 Å². The summed E-state index contributed by atoms with van der Waals surface area (Å²) in [6.07, 6.45) is 3.80. The molecule has 0 aromatic carbocycles. The van der Waals surface area contributed by atoms with Crippen molar-refractivity contribution in [1.82, 2.24) is 24.4 Å². The van der Waals surface area contributed by atoms with E-state index >= 15 is 0 Å². The van der Waals surface area contributed by atoms with Gasteiger partial charge in [-0.25, -0.2) is 4.52 Å². The Morgan fingerprint density at radius 2 is 2.06 bits per heavy atom. The van der Waals surface area contributed by atoms with Crippen LogP contribution in [0.1, 0.15) is 11.3 Å². The summed E-state index contributed by atoms with van der Waals surface area (Å²) in [6, 6.07) is 3.97. The van der Waals surface area contributed by atoms with Gasteiger partial charge in [-0.2, -0.15) is 10.1 Å². The van der Waals surface area contributed by atoms with Gasteiger partial charge in [-0.05, 0) is 25.5 Å². The molecule has 0 unspecified atom stereocenters. The molecule has 0 bridgehead atoms. The zero-order valence-corrected chi connectivity index (χ0v) is 10.5. The Morgan fingerprint density at radius 3 is 2.72 bits per heavy atom. The lowest BCUT2D eigenvalue weighted by Gasteiger charge is -1.96. The number of fused-ring (bicyclic) bond motifs is 1. The molecule has 3 heterocycles. The maximum atomic E-state index is 4.46. The Balaban J connectivity index is 2.00. The van der Waals surface area contributed by atoms with E-state index in [1.165, 1.54) is 0 Å². The topological polar surface area (TPSA) is 60.0 Å². The fourth-order valence-corrected chi connectivity index (χ4v) is 1.94. The molecule has 6 heteroatoms. The minimum Gasteiger partial charge on any atom is -0.320 e. The van der Waals surface area contributed by atoms with Crippen molar-refractivity contribution in [2.24, 2.45) is 7.05 Å². The first-order valence-corrected chi connectivity index (χ1v) is 5.73. The van der Waals surface area contributed by atoms with E-state index in [2.05, 4.69) is 20.5 Å². The second-order valence-corrected chi connectivity index (χ2v) is 4.32. The van der Waals surface area contributed by atoms with Gasteiger partial charge in [-0.3, -0.25) is 4.68 Å².